The Hall–Kier alpha value is -17.3. The van der Waals surface area contributed by atoms with Crippen LogP contribution in [0, 0.1) is 0 Å². The summed E-state index contributed by atoms with van der Waals surface area (Å²) < 4.78 is 33.7. The van der Waals surface area contributed by atoms with Gasteiger partial charge in [0, 0.05) is 88.6 Å². The molecule has 10 aromatic heterocycles. The van der Waals surface area contributed by atoms with Gasteiger partial charge in [-0.1, -0.05) is 166 Å². The van der Waals surface area contributed by atoms with Crippen molar-refractivity contribution in [1.82, 2.24) is 99.8 Å². The highest BCUT2D eigenvalue weighted by Gasteiger charge is 2.25. The molecule has 0 saturated heterocycles. The molecule has 24 nitrogen and oxygen atoms in total. The summed E-state index contributed by atoms with van der Waals surface area (Å²) in [5, 5.41) is 37.1. The van der Waals surface area contributed by atoms with Crippen molar-refractivity contribution in [3.63, 3.8) is 0 Å². The largest absolute Gasteiger partial charge is 0.487 e. The molecule has 0 unspecified atom stereocenters. The van der Waals surface area contributed by atoms with Crippen LogP contribution in [-0.4, -0.2) is 99.8 Å². The summed E-state index contributed by atoms with van der Waals surface area (Å²) in [5.41, 5.74) is 33.9. The molecule has 0 amide bonds. The van der Waals surface area contributed by atoms with Crippen molar-refractivity contribution in [2.45, 2.75) is 52.6 Å². The molecule has 50 rings (SSSR count). The van der Waals surface area contributed by atoms with E-state index in [0.717, 1.165) is 201 Å². The van der Waals surface area contributed by atoms with Crippen molar-refractivity contribution in [2.24, 2.45) is 0 Å². The Morgan fingerprint density at radius 1 is 0.195 bits per heavy atom. The maximum absolute atomic E-state index is 6.58. The standard InChI is InChI=1S/C104H72N20O4/c1-9-65-10-2-61(1)49-121-53-73(113-117-121)57-125-77-25-17-69(18-26-77)101-89-41-43-91(109-89)102-70-19-27-78(28-20-70)126-58-74-54-122(118-114-74)50-62-3-11-66(12-4-62)98-83-35-33-81(105-83)97(65)82-34-36-84(106-82)99-67-13-5-63(6-14-67)51-123-55-75(115-119-123)59-127-79-29-21-71(22-30-79)103(92-44-42-90(101)110-92)94-46-48-96(112-94)104(95-47-45-93(102)111-95)72-23-31-80(32-24-72)128-60-76-56-124(120-116-76)52-64-7-15-68(16-8-64)100(87-39-37-85(98)107-87)88-40-38-86(99)108-88/h1-48,53-56,105,108-109,112H,49-52,57-60H2. The zero-order valence-electron chi connectivity index (χ0n) is 68.5. The number of aromatic amines is 4. The molecule has 4 N–H and O–H groups in total. The number of hydrogen-bond donors (Lipinski definition) is 4. The number of aromatic nitrogens is 20. The van der Waals surface area contributed by atoms with Crippen molar-refractivity contribution in [3.8, 4) is 112 Å². The van der Waals surface area contributed by atoms with E-state index in [9.17, 15) is 0 Å². The topological polar surface area (TPSA) is 274 Å². The Bertz CT molecular complexity index is 7100. The monoisotopic (exact) mass is 1660 g/mol. The second kappa shape index (κ2) is 30.3. The minimum Gasteiger partial charge on any atom is -0.487 e. The van der Waals surface area contributed by atoms with E-state index in [4.69, 9.17) is 38.9 Å². The first-order valence-corrected chi connectivity index (χ1v) is 42.4. The van der Waals surface area contributed by atoms with Crippen LogP contribution < -0.4 is 18.9 Å². The Balaban J connectivity index is 0.737. The van der Waals surface area contributed by atoms with Crippen LogP contribution in [0.15, 0.2) is 267 Å². The smallest absolute Gasteiger partial charge is 0.134 e. The van der Waals surface area contributed by atoms with Crippen LogP contribution >= 0.6 is 0 Å². The van der Waals surface area contributed by atoms with E-state index in [1.807, 2.05) is 92.0 Å². The Kier molecular flexibility index (Phi) is 17.4. The zero-order chi connectivity index (χ0) is 84.3. The first kappa shape index (κ1) is 73.4. The third-order valence-electron chi connectivity index (χ3n) is 24.3. The van der Waals surface area contributed by atoms with Gasteiger partial charge in [0.1, 0.15) is 72.2 Å². The van der Waals surface area contributed by atoms with Gasteiger partial charge in [0.05, 0.1) is 96.5 Å². The molecule has 0 spiro atoms. The van der Waals surface area contributed by atoms with E-state index in [0.29, 0.717) is 72.0 Å². The summed E-state index contributed by atoms with van der Waals surface area (Å²) in [5.74, 6) is 2.60. The summed E-state index contributed by atoms with van der Waals surface area (Å²) in [4.78, 5) is 38.6. The lowest BCUT2D eigenvalue weighted by molar-refractivity contribution is 0.301. The average molecular weight is 1670 g/mol. The fraction of sp³-hybridized carbons (Fsp3) is 0.0769. The van der Waals surface area contributed by atoms with Crippen LogP contribution in [0.1, 0.15) is 90.6 Å². The molecule has 612 valence electrons. The summed E-state index contributed by atoms with van der Waals surface area (Å²) in [6.07, 6.45) is 24.6. The number of ether oxygens (including phenoxy) is 4. The zero-order valence-corrected chi connectivity index (χ0v) is 68.5. The first-order chi connectivity index (χ1) is 63.2. The van der Waals surface area contributed by atoms with E-state index >= 15 is 0 Å². The Labute approximate surface area is 729 Å². The number of hydrogen-bond acceptors (Lipinski definition) is 16. The van der Waals surface area contributed by atoms with Crippen molar-refractivity contribution >= 4 is 92.7 Å². The molecule has 128 heavy (non-hydrogen) atoms. The molecule has 32 aliphatic rings. The van der Waals surface area contributed by atoms with Gasteiger partial charge in [-0.15, -0.1) is 20.4 Å². The lowest BCUT2D eigenvalue weighted by Crippen LogP contribution is -2.00. The van der Waals surface area contributed by atoms with Crippen molar-refractivity contribution in [1.29, 1.82) is 0 Å². The van der Waals surface area contributed by atoms with Gasteiger partial charge >= 0.3 is 0 Å². The van der Waals surface area contributed by atoms with Gasteiger partial charge in [-0.3, -0.25) is 0 Å². The first-order valence-electron chi connectivity index (χ1n) is 42.4. The molecule has 42 heterocycles. The molecule has 0 atom stereocenters. The van der Waals surface area contributed by atoms with E-state index < -0.39 is 0 Å². The van der Waals surface area contributed by atoms with Crippen LogP contribution in [0.5, 0.6) is 23.0 Å². The third kappa shape index (κ3) is 13.8. The molecule has 48 bridgehead atoms. The molecule has 32 aliphatic heterocycles. The predicted octanol–water partition coefficient (Wildman–Crippen LogP) is 20.8. The minimum atomic E-state index is 0.179. The molecular formula is C104H72N20O4. The molecule has 0 radical (unpaired) electrons. The molecule has 18 aromatic rings. The van der Waals surface area contributed by atoms with E-state index in [1.165, 1.54) is 0 Å². The number of nitrogens with zero attached hydrogens (tertiary/aromatic N) is 16. The molecule has 0 fully saturated rings. The lowest BCUT2D eigenvalue weighted by Gasteiger charge is -2.09. The normalized spacial score (nSPS) is 13.5. The Morgan fingerprint density at radius 3 is 0.531 bits per heavy atom. The summed E-state index contributed by atoms with van der Waals surface area (Å²) in [6, 6.07) is 84.2. The Morgan fingerprint density at radius 2 is 0.359 bits per heavy atom. The summed E-state index contributed by atoms with van der Waals surface area (Å²) in [7, 11) is 0. The van der Waals surface area contributed by atoms with Crippen LogP contribution in [0.25, 0.3) is 182 Å². The van der Waals surface area contributed by atoms with Gasteiger partial charge in [-0.05, 0) is 212 Å². The van der Waals surface area contributed by atoms with Gasteiger partial charge in [0.25, 0.3) is 0 Å². The van der Waals surface area contributed by atoms with Crippen LogP contribution in [0.4, 0.5) is 0 Å². The lowest BCUT2D eigenvalue weighted by atomic mass is 10.0. The molecule has 8 aromatic carbocycles. The van der Waals surface area contributed by atoms with E-state index in [2.05, 4.69) is 304 Å². The number of rotatable bonds is 0. The summed E-state index contributed by atoms with van der Waals surface area (Å²) in [6.45, 7) is 2.54. The van der Waals surface area contributed by atoms with Crippen LogP contribution in [0.2, 0.25) is 0 Å². The van der Waals surface area contributed by atoms with E-state index in [1.54, 1.807) is 0 Å². The number of nitrogens with one attached hydrogen (secondary N) is 4. The van der Waals surface area contributed by atoms with Gasteiger partial charge in [-0.25, -0.2) is 38.7 Å². The number of benzene rings is 8. The minimum absolute atomic E-state index is 0.179. The fourth-order valence-electron chi connectivity index (χ4n) is 18.1. The SMILES string of the molecule is C1=Cc2nc1c1c3ccc([nH]3)c3c4nc(c5c6ccc([nH]6)c2-c2ccc(cc2)Cn2cc(nn2)COc2ccc(cc2)-c2c6nc(c(c7ccc([nH]7)c(c7nc(c(c8ccc2[nH]8)-c2ccc(cc2)OCc2cn(nn2)Cc2ccc-5cc2)C=C7)-c2ccc(cc2)OCc2cn(nn2)Cc2ccc-3cc2)-c2ccc(cc2)OCc2cn(nn2)Cc2ccc-1cc2)C=C6)C=C4. The van der Waals surface area contributed by atoms with E-state index in [-0.39, 0.29) is 26.4 Å². The van der Waals surface area contributed by atoms with Gasteiger partial charge in [0.2, 0.25) is 0 Å². The van der Waals surface area contributed by atoms with Gasteiger partial charge < -0.3 is 38.9 Å². The van der Waals surface area contributed by atoms with Crippen LogP contribution in [0.3, 0.4) is 0 Å². The second-order valence-corrected chi connectivity index (χ2v) is 32.7. The highest BCUT2D eigenvalue weighted by atomic mass is 16.5. The molecule has 0 aliphatic carbocycles. The van der Waals surface area contributed by atoms with Crippen LogP contribution in [-0.2, 0) is 52.6 Å². The van der Waals surface area contributed by atoms with Crippen molar-refractivity contribution < 1.29 is 18.9 Å². The number of H-pyrrole nitrogens is 4. The average Bonchev–Trinajstić information content (AvgIpc) is 1.61. The van der Waals surface area contributed by atoms with Crippen molar-refractivity contribution in [3.05, 3.63) is 358 Å². The van der Waals surface area contributed by atoms with Gasteiger partial charge in [0.15, 0.2) is 0 Å². The highest BCUT2D eigenvalue weighted by Crippen LogP contribution is 2.44. The quantitative estimate of drug-likeness (QED) is 0.110. The molecule has 0 saturated carbocycles. The van der Waals surface area contributed by atoms with Crippen molar-refractivity contribution in [2.75, 3.05) is 0 Å². The molecular weight excluding hydrogens is 1590 g/mol. The maximum Gasteiger partial charge on any atom is 0.134 e. The maximum atomic E-state index is 6.58. The third-order valence-corrected chi connectivity index (χ3v) is 24.3. The predicted molar refractivity (Wildman–Crippen MR) is 495 cm³/mol. The van der Waals surface area contributed by atoms with Gasteiger partial charge in [-0.2, -0.15) is 0 Å². The molecule has 24 heteroatoms. The summed E-state index contributed by atoms with van der Waals surface area (Å²) >= 11 is 0. The fourth-order valence-corrected chi connectivity index (χ4v) is 18.1. The second-order valence-electron chi connectivity index (χ2n) is 32.7. The highest BCUT2D eigenvalue weighted by molar-refractivity contribution is 6.03.